The molecule has 102 valence electrons. The van der Waals surface area contributed by atoms with Crippen LogP contribution in [-0.2, 0) is 14.8 Å². The standard InChI is InChI=1S/C11H16BrNO3S2/c1-8-6-13(7-11(2,3)16-8)18(14,15)10-9(12)4-5-17-10/h4-5,8H,6-7H2,1-3H3. The third kappa shape index (κ3) is 2.80. The number of thiophene rings is 1. The minimum absolute atomic E-state index is 0.0951. The molecule has 18 heavy (non-hydrogen) atoms. The summed E-state index contributed by atoms with van der Waals surface area (Å²) in [5.41, 5.74) is -0.450. The molecule has 1 aliphatic heterocycles. The summed E-state index contributed by atoms with van der Waals surface area (Å²) in [5.74, 6) is 0. The molecule has 1 saturated heterocycles. The lowest BCUT2D eigenvalue weighted by molar-refractivity contribution is -0.109. The van der Waals surface area contributed by atoms with Crippen LogP contribution in [0.15, 0.2) is 20.1 Å². The first kappa shape index (κ1) is 14.5. The Morgan fingerprint density at radius 2 is 2.22 bits per heavy atom. The second-order valence-corrected chi connectivity index (χ2v) is 8.95. The number of halogens is 1. The van der Waals surface area contributed by atoms with Crippen molar-refractivity contribution in [2.75, 3.05) is 13.1 Å². The van der Waals surface area contributed by atoms with Gasteiger partial charge in [-0.3, -0.25) is 0 Å². The molecule has 1 fully saturated rings. The quantitative estimate of drug-likeness (QED) is 0.820. The second-order valence-electron chi connectivity index (χ2n) is 5.04. The van der Waals surface area contributed by atoms with Gasteiger partial charge in [0.15, 0.2) is 0 Å². The summed E-state index contributed by atoms with van der Waals surface area (Å²) in [4.78, 5) is 0. The van der Waals surface area contributed by atoms with Crippen molar-refractivity contribution in [3.63, 3.8) is 0 Å². The van der Waals surface area contributed by atoms with Crippen molar-refractivity contribution < 1.29 is 13.2 Å². The highest BCUT2D eigenvalue weighted by molar-refractivity contribution is 9.10. The molecule has 0 aromatic carbocycles. The molecule has 1 atom stereocenters. The van der Waals surface area contributed by atoms with Gasteiger partial charge >= 0.3 is 0 Å². The fourth-order valence-electron chi connectivity index (χ4n) is 2.16. The number of ether oxygens (including phenoxy) is 1. The Morgan fingerprint density at radius 1 is 1.56 bits per heavy atom. The summed E-state index contributed by atoms with van der Waals surface area (Å²) in [6.45, 7) is 6.50. The number of hydrogen-bond donors (Lipinski definition) is 0. The minimum Gasteiger partial charge on any atom is -0.370 e. The third-order valence-corrected chi connectivity index (χ3v) is 7.16. The van der Waals surface area contributed by atoms with Crippen molar-refractivity contribution in [1.82, 2.24) is 4.31 Å². The third-order valence-electron chi connectivity index (χ3n) is 2.70. The molecule has 0 N–H and O–H groups in total. The number of sulfonamides is 1. The molecule has 1 aliphatic rings. The van der Waals surface area contributed by atoms with Crippen molar-refractivity contribution in [1.29, 1.82) is 0 Å². The molecule has 1 aromatic rings. The van der Waals surface area contributed by atoms with Crippen LogP contribution in [0.5, 0.6) is 0 Å². The molecule has 0 amide bonds. The summed E-state index contributed by atoms with van der Waals surface area (Å²) >= 11 is 4.52. The van der Waals surface area contributed by atoms with Crippen molar-refractivity contribution in [3.05, 3.63) is 15.9 Å². The van der Waals surface area contributed by atoms with Gasteiger partial charge in [-0.05, 0) is 48.1 Å². The number of rotatable bonds is 2. The van der Waals surface area contributed by atoms with E-state index in [-0.39, 0.29) is 6.10 Å². The highest BCUT2D eigenvalue weighted by atomic mass is 79.9. The first-order chi connectivity index (χ1) is 8.22. The molecule has 0 bridgehead atoms. The van der Waals surface area contributed by atoms with E-state index in [2.05, 4.69) is 15.9 Å². The van der Waals surface area contributed by atoms with Gasteiger partial charge in [-0.25, -0.2) is 8.42 Å². The first-order valence-corrected chi connectivity index (χ1v) is 8.74. The van der Waals surface area contributed by atoms with Gasteiger partial charge in [0.25, 0.3) is 10.0 Å². The average molecular weight is 354 g/mol. The number of hydrogen-bond acceptors (Lipinski definition) is 4. The summed E-state index contributed by atoms with van der Waals surface area (Å²) in [6, 6.07) is 1.76. The summed E-state index contributed by atoms with van der Waals surface area (Å²) in [5, 5.41) is 1.77. The molecule has 4 nitrogen and oxygen atoms in total. The Labute approximate surface area is 120 Å². The lowest BCUT2D eigenvalue weighted by Gasteiger charge is -2.40. The highest BCUT2D eigenvalue weighted by Crippen LogP contribution is 2.33. The zero-order valence-electron chi connectivity index (χ0n) is 10.5. The lowest BCUT2D eigenvalue weighted by Crippen LogP contribution is -2.53. The first-order valence-electron chi connectivity index (χ1n) is 5.63. The molecule has 0 saturated carbocycles. The number of morpholine rings is 1. The SMILES string of the molecule is CC1CN(S(=O)(=O)c2sccc2Br)CC(C)(C)O1. The molecule has 1 unspecified atom stereocenters. The number of nitrogens with zero attached hydrogens (tertiary/aromatic N) is 1. The van der Waals surface area contributed by atoms with Gasteiger partial charge in [0, 0.05) is 17.6 Å². The molecule has 1 aromatic heterocycles. The lowest BCUT2D eigenvalue weighted by atomic mass is 10.1. The van der Waals surface area contributed by atoms with E-state index in [1.165, 1.54) is 15.6 Å². The van der Waals surface area contributed by atoms with Gasteiger partial charge < -0.3 is 4.74 Å². The van der Waals surface area contributed by atoms with Crippen molar-refractivity contribution in [2.24, 2.45) is 0 Å². The van der Waals surface area contributed by atoms with E-state index in [0.29, 0.717) is 21.8 Å². The van der Waals surface area contributed by atoms with E-state index >= 15 is 0 Å². The van der Waals surface area contributed by atoms with Gasteiger partial charge in [0.2, 0.25) is 0 Å². The molecular weight excluding hydrogens is 338 g/mol. The van der Waals surface area contributed by atoms with E-state index in [1.54, 1.807) is 11.4 Å². The Bertz CT molecular complexity index is 538. The van der Waals surface area contributed by atoms with Gasteiger partial charge in [-0.1, -0.05) is 0 Å². The normalized spacial score (nSPS) is 25.2. The van der Waals surface area contributed by atoms with E-state index in [0.717, 1.165) is 0 Å². The fourth-order valence-corrected chi connectivity index (χ4v) is 6.27. The summed E-state index contributed by atoms with van der Waals surface area (Å²) < 4.78 is 33.3. The van der Waals surface area contributed by atoms with E-state index in [1.807, 2.05) is 20.8 Å². The van der Waals surface area contributed by atoms with Crippen LogP contribution in [-0.4, -0.2) is 37.5 Å². The van der Waals surface area contributed by atoms with Crippen LogP contribution in [0.4, 0.5) is 0 Å². The summed E-state index contributed by atoms with van der Waals surface area (Å²) in [7, 11) is -3.43. The topological polar surface area (TPSA) is 46.6 Å². The van der Waals surface area contributed by atoms with Crippen LogP contribution in [0, 0.1) is 0 Å². The Balaban J connectivity index is 2.34. The maximum atomic E-state index is 12.6. The molecular formula is C11H16BrNO3S2. The molecule has 0 spiro atoms. The van der Waals surface area contributed by atoms with E-state index in [9.17, 15) is 8.42 Å². The van der Waals surface area contributed by atoms with Crippen LogP contribution in [0.2, 0.25) is 0 Å². The van der Waals surface area contributed by atoms with Crippen molar-refractivity contribution in [2.45, 2.75) is 36.7 Å². The zero-order chi connectivity index (χ0) is 13.6. The van der Waals surface area contributed by atoms with Crippen LogP contribution in [0.1, 0.15) is 20.8 Å². The van der Waals surface area contributed by atoms with E-state index in [4.69, 9.17) is 4.74 Å². The second kappa shape index (κ2) is 4.86. The maximum absolute atomic E-state index is 12.6. The molecule has 7 heteroatoms. The van der Waals surface area contributed by atoms with Gasteiger partial charge in [0.05, 0.1) is 11.7 Å². The Morgan fingerprint density at radius 3 is 2.72 bits per heavy atom. The molecule has 0 aliphatic carbocycles. The molecule has 0 radical (unpaired) electrons. The van der Waals surface area contributed by atoms with Crippen molar-refractivity contribution >= 4 is 37.3 Å². The zero-order valence-corrected chi connectivity index (χ0v) is 13.7. The predicted molar refractivity (Wildman–Crippen MR) is 75.4 cm³/mol. The van der Waals surface area contributed by atoms with Crippen LogP contribution in [0.25, 0.3) is 0 Å². The molecule has 2 rings (SSSR count). The molecule has 2 heterocycles. The van der Waals surface area contributed by atoms with Gasteiger partial charge in [0.1, 0.15) is 4.21 Å². The smallest absolute Gasteiger partial charge is 0.253 e. The van der Waals surface area contributed by atoms with E-state index < -0.39 is 15.6 Å². The van der Waals surface area contributed by atoms with Crippen LogP contribution in [0.3, 0.4) is 0 Å². The Hall–Kier alpha value is 0.0500. The average Bonchev–Trinajstić information content (AvgIpc) is 2.61. The van der Waals surface area contributed by atoms with Gasteiger partial charge in [-0.15, -0.1) is 11.3 Å². The highest BCUT2D eigenvalue weighted by Gasteiger charge is 2.38. The predicted octanol–water partition coefficient (Wildman–Crippen LogP) is 2.70. The fraction of sp³-hybridized carbons (Fsp3) is 0.636. The Kier molecular flexibility index (Phi) is 3.91. The summed E-state index contributed by atoms with van der Waals surface area (Å²) in [6.07, 6.45) is -0.0951. The van der Waals surface area contributed by atoms with Crippen LogP contribution >= 0.6 is 27.3 Å². The van der Waals surface area contributed by atoms with Crippen molar-refractivity contribution in [3.8, 4) is 0 Å². The largest absolute Gasteiger partial charge is 0.370 e. The van der Waals surface area contributed by atoms with Gasteiger partial charge in [-0.2, -0.15) is 4.31 Å². The maximum Gasteiger partial charge on any atom is 0.253 e. The monoisotopic (exact) mass is 353 g/mol. The minimum atomic E-state index is -3.43. The van der Waals surface area contributed by atoms with Crippen LogP contribution < -0.4 is 0 Å².